The van der Waals surface area contributed by atoms with E-state index in [0.717, 1.165) is 50.1 Å². The van der Waals surface area contributed by atoms with Crippen molar-refractivity contribution in [2.75, 3.05) is 6.54 Å². The SMILES string of the molecule is Cc1ccccc1Cn1c(CCCNC(=O)C2CCCCC2)nc2ccccc21. The molecule has 0 saturated heterocycles. The first-order chi connectivity index (χ1) is 14.2. The van der Waals surface area contributed by atoms with Crippen molar-refractivity contribution in [3.05, 3.63) is 65.5 Å². The Morgan fingerprint density at radius 3 is 2.66 bits per heavy atom. The smallest absolute Gasteiger partial charge is 0.223 e. The van der Waals surface area contributed by atoms with Crippen molar-refractivity contribution in [2.45, 2.75) is 58.4 Å². The number of benzene rings is 2. The van der Waals surface area contributed by atoms with Gasteiger partial charge in [0.1, 0.15) is 5.82 Å². The summed E-state index contributed by atoms with van der Waals surface area (Å²) in [5, 5.41) is 3.16. The highest BCUT2D eigenvalue weighted by Crippen LogP contribution is 2.24. The zero-order chi connectivity index (χ0) is 20.1. The molecule has 1 aromatic heterocycles. The fourth-order valence-corrected chi connectivity index (χ4v) is 4.42. The van der Waals surface area contributed by atoms with Crippen molar-refractivity contribution in [3.63, 3.8) is 0 Å². The Balaban J connectivity index is 1.43. The molecule has 1 saturated carbocycles. The number of nitrogens with zero attached hydrogens (tertiary/aromatic N) is 2. The molecule has 2 aromatic carbocycles. The monoisotopic (exact) mass is 389 g/mol. The van der Waals surface area contributed by atoms with E-state index in [1.807, 2.05) is 6.07 Å². The Hall–Kier alpha value is -2.62. The Morgan fingerprint density at radius 1 is 1.07 bits per heavy atom. The molecule has 1 amide bonds. The van der Waals surface area contributed by atoms with Crippen molar-refractivity contribution in [3.8, 4) is 0 Å². The van der Waals surface area contributed by atoms with Gasteiger partial charge in [-0.15, -0.1) is 0 Å². The third kappa shape index (κ3) is 4.69. The summed E-state index contributed by atoms with van der Waals surface area (Å²) in [6, 6.07) is 16.9. The largest absolute Gasteiger partial charge is 0.356 e. The molecule has 0 aliphatic heterocycles. The number of imidazole rings is 1. The first-order valence-corrected chi connectivity index (χ1v) is 11.0. The average molecular weight is 390 g/mol. The number of para-hydroxylation sites is 2. The minimum Gasteiger partial charge on any atom is -0.356 e. The van der Waals surface area contributed by atoms with Crippen LogP contribution in [0.3, 0.4) is 0 Å². The number of nitrogens with one attached hydrogen (secondary N) is 1. The number of aryl methyl sites for hydroxylation is 2. The average Bonchev–Trinajstić information content (AvgIpc) is 3.10. The number of rotatable bonds is 7. The Kier molecular flexibility index (Phi) is 6.28. The Bertz CT molecular complexity index is 969. The van der Waals surface area contributed by atoms with Crippen LogP contribution < -0.4 is 5.32 Å². The fourth-order valence-electron chi connectivity index (χ4n) is 4.42. The van der Waals surface area contributed by atoms with Crippen LogP contribution in [0.15, 0.2) is 48.5 Å². The molecule has 4 nitrogen and oxygen atoms in total. The van der Waals surface area contributed by atoms with Crippen molar-refractivity contribution in [1.82, 2.24) is 14.9 Å². The topological polar surface area (TPSA) is 46.9 Å². The maximum atomic E-state index is 12.4. The summed E-state index contributed by atoms with van der Waals surface area (Å²) in [5.41, 5.74) is 4.85. The molecule has 0 atom stereocenters. The number of carbonyl (C=O) groups is 1. The van der Waals surface area contributed by atoms with Gasteiger partial charge in [0.2, 0.25) is 5.91 Å². The molecule has 0 radical (unpaired) electrons. The van der Waals surface area contributed by atoms with Crippen LogP contribution in [-0.2, 0) is 17.8 Å². The predicted molar refractivity (Wildman–Crippen MR) is 118 cm³/mol. The summed E-state index contributed by atoms with van der Waals surface area (Å²) >= 11 is 0. The number of amides is 1. The van der Waals surface area contributed by atoms with Gasteiger partial charge in [0, 0.05) is 25.4 Å². The van der Waals surface area contributed by atoms with E-state index < -0.39 is 0 Å². The van der Waals surface area contributed by atoms with E-state index in [0.29, 0.717) is 0 Å². The number of aromatic nitrogens is 2. The van der Waals surface area contributed by atoms with Crippen LogP contribution in [0.4, 0.5) is 0 Å². The number of hydrogen-bond donors (Lipinski definition) is 1. The van der Waals surface area contributed by atoms with Crippen LogP contribution in [0.1, 0.15) is 55.5 Å². The second-order valence-corrected chi connectivity index (χ2v) is 8.26. The highest BCUT2D eigenvalue weighted by Gasteiger charge is 2.20. The molecule has 1 aliphatic carbocycles. The summed E-state index contributed by atoms with van der Waals surface area (Å²) in [6.45, 7) is 3.72. The summed E-state index contributed by atoms with van der Waals surface area (Å²) < 4.78 is 2.33. The Morgan fingerprint density at radius 2 is 1.83 bits per heavy atom. The van der Waals surface area contributed by atoms with Gasteiger partial charge in [0.15, 0.2) is 0 Å². The van der Waals surface area contributed by atoms with Gasteiger partial charge in [0.05, 0.1) is 11.0 Å². The lowest BCUT2D eigenvalue weighted by Crippen LogP contribution is -2.32. The highest BCUT2D eigenvalue weighted by molar-refractivity contribution is 5.78. The molecular formula is C25H31N3O. The van der Waals surface area contributed by atoms with Gasteiger partial charge >= 0.3 is 0 Å². The first kappa shape index (κ1) is 19.7. The number of hydrogen-bond acceptors (Lipinski definition) is 2. The van der Waals surface area contributed by atoms with Crippen LogP contribution in [0.5, 0.6) is 0 Å². The van der Waals surface area contributed by atoms with E-state index in [4.69, 9.17) is 4.98 Å². The maximum absolute atomic E-state index is 12.4. The summed E-state index contributed by atoms with van der Waals surface area (Å²) in [6.07, 6.45) is 7.56. The van der Waals surface area contributed by atoms with Gasteiger partial charge in [-0.1, -0.05) is 55.7 Å². The van der Waals surface area contributed by atoms with Gasteiger partial charge in [-0.3, -0.25) is 4.79 Å². The van der Waals surface area contributed by atoms with E-state index in [2.05, 4.69) is 59.3 Å². The summed E-state index contributed by atoms with van der Waals surface area (Å²) in [7, 11) is 0. The molecule has 152 valence electrons. The lowest BCUT2D eigenvalue weighted by atomic mass is 9.89. The molecule has 1 fully saturated rings. The first-order valence-electron chi connectivity index (χ1n) is 11.0. The van der Waals surface area contributed by atoms with Crippen LogP contribution in [0, 0.1) is 12.8 Å². The third-order valence-corrected chi connectivity index (χ3v) is 6.18. The van der Waals surface area contributed by atoms with Crippen molar-refractivity contribution >= 4 is 16.9 Å². The fraction of sp³-hybridized carbons (Fsp3) is 0.440. The standard InChI is InChI=1S/C25H31N3O/c1-19-10-5-6-13-21(19)18-28-23-15-8-7-14-22(23)27-24(28)16-9-17-26-25(29)20-11-3-2-4-12-20/h5-8,10,13-15,20H,2-4,9,11-12,16-18H2,1H3,(H,26,29). The zero-order valence-electron chi connectivity index (χ0n) is 17.4. The van der Waals surface area contributed by atoms with Crippen LogP contribution in [-0.4, -0.2) is 22.0 Å². The van der Waals surface area contributed by atoms with E-state index >= 15 is 0 Å². The maximum Gasteiger partial charge on any atom is 0.223 e. The van der Waals surface area contributed by atoms with Crippen LogP contribution in [0.2, 0.25) is 0 Å². The highest BCUT2D eigenvalue weighted by atomic mass is 16.1. The lowest BCUT2D eigenvalue weighted by Gasteiger charge is -2.20. The lowest BCUT2D eigenvalue weighted by molar-refractivity contribution is -0.125. The van der Waals surface area contributed by atoms with E-state index in [-0.39, 0.29) is 11.8 Å². The third-order valence-electron chi connectivity index (χ3n) is 6.18. The minimum atomic E-state index is 0.231. The molecule has 1 heterocycles. The molecule has 1 aliphatic rings. The molecule has 29 heavy (non-hydrogen) atoms. The zero-order valence-corrected chi connectivity index (χ0v) is 17.4. The summed E-state index contributed by atoms with van der Waals surface area (Å²) in [4.78, 5) is 17.3. The van der Waals surface area contributed by atoms with Crippen molar-refractivity contribution in [2.24, 2.45) is 5.92 Å². The van der Waals surface area contributed by atoms with Crippen LogP contribution >= 0.6 is 0 Å². The van der Waals surface area contributed by atoms with E-state index in [1.54, 1.807) is 0 Å². The molecule has 4 rings (SSSR count). The molecule has 0 spiro atoms. The van der Waals surface area contributed by atoms with Crippen molar-refractivity contribution in [1.29, 1.82) is 0 Å². The molecule has 0 bridgehead atoms. The Labute approximate surface area is 173 Å². The molecule has 3 aromatic rings. The van der Waals surface area contributed by atoms with E-state index in [1.165, 1.54) is 35.9 Å². The predicted octanol–water partition coefficient (Wildman–Crippen LogP) is 5.02. The van der Waals surface area contributed by atoms with Gasteiger partial charge in [-0.2, -0.15) is 0 Å². The van der Waals surface area contributed by atoms with Crippen molar-refractivity contribution < 1.29 is 4.79 Å². The minimum absolute atomic E-state index is 0.231. The van der Waals surface area contributed by atoms with Gasteiger partial charge < -0.3 is 9.88 Å². The second kappa shape index (κ2) is 9.25. The normalized spacial score (nSPS) is 14.9. The quantitative estimate of drug-likeness (QED) is 0.577. The molecule has 0 unspecified atom stereocenters. The molecule has 1 N–H and O–H groups in total. The van der Waals surface area contributed by atoms with Gasteiger partial charge in [-0.25, -0.2) is 4.98 Å². The summed E-state index contributed by atoms with van der Waals surface area (Å²) in [5.74, 6) is 1.58. The van der Waals surface area contributed by atoms with Gasteiger partial charge in [0.25, 0.3) is 0 Å². The molecular weight excluding hydrogens is 358 g/mol. The van der Waals surface area contributed by atoms with Gasteiger partial charge in [-0.05, 0) is 49.4 Å². The van der Waals surface area contributed by atoms with Crippen LogP contribution in [0.25, 0.3) is 11.0 Å². The molecule has 4 heteroatoms. The number of fused-ring (bicyclic) bond motifs is 1. The second-order valence-electron chi connectivity index (χ2n) is 8.26. The van der Waals surface area contributed by atoms with E-state index in [9.17, 15) is 4.79 Å². The number of carbonyl (C=O) groups excluding carboxylic acids is 1.